The van der Waals surface area contributed by atoms with Gasteiger partial charge in [-0.15, -0.1) is 10.2 Å². The van der Waals surface area contributed by atoms with Crippen molar-refractivity contribution in [3.63, 3.8) is 0 Å². The second-order valence-electron chi connectivity index (χ2n) is 5.17. The minimum atomic E-state index is 0.433. The topological polar surface area (TPSA) is 55.3 Å². The minimum Gasteiger partial charge on any atom is -0.465 e. The molecule has 6 heteroatoms. The molecule has 0 aliphatic carbocycles. The lowest BCUT2D eigenvalue weighted by Gasteiger charge is -2.11. The van der Waals surface area contributed by atoms with Crippen molar-refractivity contribution in [1.29, 1.82) is 0 Å². The van der Waals surface area contributed by atoms with Crippen LogP contribution in [0, 0.1) is 6.92 Å². The van der Waals surface area contributed by atoms with Crippen LogP contribution in [0.3, 0.4) is 0 Å². The van der Waals surface area contributed by atoms with Gasteiger partial charge in [0.15, 0.2) is 0 Å². The molecule has 0 fully saturated rings. The summed E-state index contributed by atoms with van der Waals surface area (Å²) in [5, 5.41) is 8.73. The number of hydrogen-bond donors (Lipinski definition) is 0. The van der Waals surface area contributed by atoms with Gasteiger partial charge in [-0.2, -0.15) is 0 Å². The Balaban J connectivity index is 1.68. The highest BCUT2D eigenvalue weighted by molar-refractivity contribution is 6.33. The molecular formula is C16H16ClN3O2. The first-order valence-corrected chi connectivity index (χ1v) is 7.31. The van der Waals surface area contributed by atoms with E-state index >= 15 is 0 Å². The summed E-state index contributed by atoms with van der Waals surface area (Å²) in [6.07, 6.45) is 0. The first-order chi connectivity index (χ1) is 10.6. The van der Waals surface area contributed by atoms with E-state index in [1.54, 1.807) is 6.07 Å². The molecule has 0 atom stereocenters. The number of benzene rings is 1. The summed E-state index contributed by atoms with van der Waals surface area (Å²) in [7, 11) is 1.97. The Bertz CT molecular complexity index is 766. The van der Waals surface area contributed by atoms with E-state index in [4.69, 9.17) is 20.4 Å². The van der Waals surface area contributed by atoms with Gasteiger partial charge in [0.05, 0.1) is 23.7 Å². The molecule has 0 aliphatic heterocycles. The largest absolute Gasteiger partial charge is 0.465 e. The SMILES string of the molecule is Cc1ccc(CN(C)Cc2nnc(-c3ccccc3Cl)o2)o1. The van der Waals surface area contributed by atoms with Crippen molar-refractivity contribution in [2.75, 3.05) is 7.05 Å². The summed E-state index contributed by atoms with van der Waals surface area (Å²) in [4.78, 5) is 2.04. The van der Waals surface area contributed by atoms with Gasteiger partial charge in [0.25, 0.3) is 0 Å². The second-order valence-corrected chi connectivity index (χ2v) is 5.57. The summed E-state index contributed by atoms with van der Waals surface area (Å²) in [6.45, 7) is 3.15. The van der Waals surface area contributed by atoms with Crippen LogP contribution in [0.1, 0.15) is 17.4 Å². The van der Waals surface area contributed by atoms with Crippen molar-refractivity contribution in [3.05, 3.63) is 58.8 Å². The first-order valence-electron chi connectivity index (χ1n) is 6.93. The predicted octanol–water partition coefficient (Wildman–Crippen LogP) is 3.92. The summed E-state index contributed by atoms with van der Waals surface area (Å²) >= 11 is 6.13. The van der Waals surface area contributed by atoms with Gasteiger partial charge in [0.1, 0.15) is 11.5 Å². The van der Waals surface area contributed by atoms with E-state index in [1.165, 1.54) is 0 Å². The van der Waals surface area contributed by atoms with Crippen LogP contribution in [0.5, 0.6) is 0 Å². The van der Waals surface area contributed by atoms with Crippen molar-refractivity contribution in [2.45, 2.75) is 20.0 Å². The van der Waals surface area contributed by atoms with Gasteiger partial charge < -0.3 is 8.83 Å². The second kappa shape index (κ2) is 6.34. The van der Waals surface area contributed by atoms with Crippen molar-refractivity contribution in [2.24, 2.45) is 0 Å². The highest BCUT2D eigenvalue weighted by Gasteiger charge is 2.13. The molecule has 0 bridgehead atoms. The van der Waals surface area contributed by atoms with E-state index in [-0.39, 0.29) is 0 Å². The van der Waals surface area contributed by atoms with Crippen LogP contribution in [-0.2, 0) is 13.1 Å². The standard InChI is InChI=1S/C16H16ClN3O2/c1-11-7-8-12(21-11)9-20(2)10-15-18-19-16(22-15)13-5-3-4-6-14(13)17/h3-8H,9-10H2,1-2H3. The van der Waals surface area contributed by atoms with Gasteiger partial charge in [-0.25, -0.2) is 0 Å². The fourth-order valence-corrected chi connectivity index (χ4v) is 2.40. The molecule has 0 amide bonds. The highest BCUT2D eigenvalue weighted by atomic mass is 35.5. The van der Waals surface area contributed by atoms with Crippen molar-refractivity contribution in [1.82, 2.24) is 15.1 Å². The van der Waals surface area contributed by atoms with Crippen LogP contribution in [0.4, 0.5) is 0 Å². The first kappa shape index (κ1) is 14.8. The normalized spacial score (nSPS) is 11.3. The Hall–Kier alpha value is -2.11. The molecule has 2 heterocycles. The van der Waals surface area contributed by atoms with Crippen LogP contribution in [0.15, 0.2) is 45.2 Å². The van der Waals surface area contributed by atoms with Crippen LogP contribution in [0.25, 0.3) is 11.5 Å². The van der Waals surface area contributed by atoms with Crippen LogP contribution in [0.2, 0.25) is 5.02 Å². The number of halogens is 1. The Morgan fingerprint density at radius 3 is 2.59 bits per heavy atom. The van der Waals surface area contributed by atoms with Crippen LogP contribution >= 0.6 is 11.6 Å². The number of nitrogens with zero attached hydrogens (tertiary/aromatic N) is 3. The van der Waals surface area contributed by atoms with Crippen molar-refractivity contribution >= 4 is 11.6 Å². The molecule has 0 spiro atoms. The summed E-state index contributed by atoms with van der Waals surface area (Å²) < 4.78 is 11.2. The highest BCUT2D eigenvalue weighted by Crippen LogP contribution is 2.26. The maximum atomic E-state index is 6.13. The third-order valence-electron chi connectivity index (χ3n) is 3.20. The van der Waals surface area contributed by atoms with Crippen LogP contribution in [-0.4, -0.2) is 22.1 Å². The number of aromatic nitrogens is 2. The van der Waals surface area contributed by atoms with Gasteiger partial charge in [-0.05, 0) is 38.2 Å². The lowest BCUT2D eigenvalue weighted by Crippen LogP contribution is -2.17. The molecule has 1 aromatic carbocycles. The number of furan rings is 1. The molecule has 0 saturated heterocycles. The van der Waals surface area contributed by atoms with Gasteiger partial charge >= 0.3 is 0 Å². The lowest BCUT2D eigenvalue weighted by atomic mass is 10.2. The number of aryl methyl sites for hydroxylation is 1. The molecule has 22 heavy (non-hydrogen) atoms. The van der Waals surface area contributed by atoms with Crippen molar-refractivity contribution in [3.8, 4) is 11.5 Å². The Kier molecular flexibility index (Phi) is 4.27. The molecule has 3 rings (SSSR count). The van der Waals surface area contributed by atoms with Gasteiger partial charge in [-0.3, -0.25) is 4.90 Å². The summed E-state index contributed by atoms with van der Waals surface area (Å²) in [6, 6.07) is 11.3. The molecule has 0 saturated carbocycles. The maximum absolute atomic E-state index is 6.13. The third kappa shape index (κ3) is 3.37. The average Bonchev–Trinajstić information content (AvgIpc) is 3.09. The van der Waals surface area contributed by atoms with E-state index in [0.717, 1.165) is 17.1 Å². The zero-order valence-electron chi connectivity index (χ0n) is 12.4. The summed E-state index contributed by atoms with van der Waals surface area (Å²) in [5.41, 5.74) is 0.743. The molecule has 3 aromatic rings. The number of rotatable bonds is 5. The van der Waals surface area contributed by atoms with E-state index in [2.05, 4.69) is 10.2 Å². The summed E-state index contributed by atoms with van der Waals surface area (Å²) in [5.74, 6) is 2.79. The quantitative estimate of drug-likeness (QED) is 0.713. The fourth-order valence-electron chi connectivity index (χ4n) is 2.18. The van der Waals surface area contributed by atoms with Crippen molar-refractivity contribution < 1.29 is 8.83 Å². The Labute approximate surface area is 133 Å². The molecule has 114 valence electrons. The Morgan fingerprint density at radius 2 is 1.86 bits per heavy atom. The minimum absolute atomic E-state index is 0.433. The van der Waals surface area contributed by atoms with E-state index < -0.39 is 0 Å². The fraction of sp³-hybridized carbons (Fsp3) is 0.250. The van der Waals surface area contributed by atoms with Gasteiger partial charge in [0, 0.05) is 0 Å². The predicted molar refractivity (Wildman–Crippen MR) is 83.4 cm³/mol. The number of hydrogen-bond acceptors (Lipinski definition) is 5. The molecular weight excluding hydrogens is 302 g/mol. The third-order valence-corrected chi connectivity index (χ3v) is 3.53. The van der Waals surface area contributed by atoms with Gasteiger partial charge in [0.2, 0.25) is 11.8 Å². The van der Waals surface area contributed by atoms with E-state index in [9.17, 15) is 0 Å². The maximum Gasteiger partial charge on any atom is 0.249 e. The van der Waals surface area contributed by atoms with Crippen LogP contribution < -0.4 is 0 Å². The smallest absolute Gasteiger partial charge is 0.249 e. The monoisotopic (exact) mass is 317 g/mol. The van der Waals surface area contributed by atoms with E-state index in [1.807, 2.05) is 49.2 Å². The molecule has 0 radical (unpaired) electrons. The average molecular weight is 318 g/mol. The molecule has 2 aromatic heterocycles. The Morgan fingerprint density at radius 1 is 1.05 bits per heavy atom. The molecule has 0 unspecified atom stereocenters. The molecule has 5 nitrogen and oxygen atoms in total. The van der Waals surface area contributed by atoms with Gasteiger partial charge in [-0.1, -0.05) is 23.7 Å². The molecule has 0 N–H and O–H groups in total. The molecule has 0 aliphatic rings. The lowest BCUT2D eigenvalue weighted by molar-refractivity contribution is 0.259. The van der Waals surface area contributed by atoms with E-state index in [0.29, 0.717) is 29.9 Å². The zero-order chi connectivity index (χ0) is 15.5. The zero-order valence-corrected chi connectivity index (χ0v) is 13.2.